The average molecular weight is 338 g/mol. The molecule has 1 aromatic rings. The predicted molar refractivity (Wildman–Crippen MR) is 86.0 cm³/mol. The highest BCUT2D eigenvalue weighted by Gasteiger charge is 2.37. The first-order chi connectivity index (χ1) is 11.2. The Morgan fingerprint density at radius 2 is 2.08 bits per heavy atom. The third-order valence-electron chi connectivity index (χ3n) is 3.79. The summed E-state index contributed by atoms with van der Waals surface area (Å²) >= 11 is 0. The standard InChI is InChI=1S/C17H23FN2O4/c1-17(2,3)24-16(23)19-14-9-20(15(22)10-21)8-13(14)11-5-4-6-12(18)7-11/h4-7,13-14,21H,8-10H2,1-3H3,(H,19,23)/t13-,14+/m0/s1. The number of alkyl carbamates (subject to hydrolysis) is 1. The number of hydrogen-bond acceptors (Lipinski definition) is 4. The Labute approximate surface area is 140 Å². The molecule has 1 fully saturated rings. The highest BCUT2D eigenvalue weighted by atomic mass is 19.1. The number of carbonyl (C=O) groups excluding carboxylic acids is 2. The van der Waals surface area contributed by atoms with Gasteiger partial charge < -0.3 is 20.1 Å². The molecule has 1 heterocycles. The van der Waals surface area contributed by atoms with E-state index in [9.17, 15) is 14.0 Å². The molecule has 7 heteroatoms. The van der Waals surface area contributed by atoms with Gasteiger partial charge in [0.15, 0.2) is 0 Å². The van der Waals surface area contributed by atoms with Crippen LogP contribution in [0.2, 0.25) is 0 Å². The molecule has 6 nitrogen and oxygen atoms in total. The van der Waals surface area contributed by atoms with Gasteiger partial charge in [-0.15, -0.1) is 0 Å². The molecule has 1 aromatic carbocycles. The van der Waals surface area contributed by atoms with Crippen molar-refractivity contribution in [3.05, 3.63) is 35.6 Å². The number of aliphatic hydroxyl groups is 1. The van der Waals surface area contributed by atoms with Gasteiger partial charge in [-0.1, -0.05) is 12.1 Å². The zero-order chi connectivity index (χ0) is 17.9. The van der Waals surface area contributed by atoms with Crippen molar-refractivity contribution < 1.29 is 23.8 Å². The molecule has 1 aliphatic rings. The van der Waals surface area contributed by atoms with E-state index in [1.54, 1.807) is 32.9 Å². The molecule has 0 unspecified atom stereocenters. The summed E-state index contributed by atoms with van der Waals surface area (Å²) in [5, 5.41) is 11.8. The van der Waals surface area contributed by atoms with Crippen LogP contribution >= 0.6 is 0 Å². The maximum Gasteiger partial charge on any atom is 0.407 e. The summed E-state index contributed by atoms with van der Waals surface area (Å²) in [4.78, 5) is 25.3. The lowest BCUT2D eigenvalue weighted by Crippen LogP contribution is -2.43. The van der Waals surface area contributed by atoms with Crippen LogP contribution in [-0.2, 0) is 9.53 Å². The van der Waals surface area contributed by atoms with Crippen LogP contribution in [0.25, 0.3) is 0 Å². The molecule has 0 bridgehead atoms. The predicted octanol–water partition coefficient (Wildman–Crippen LogP) is 1.64. The molecule has 0 spiro atoms. The summed E-state index contributed by atoms with van der Waals surface area (Å²) in [6.45, 7) is 5.20. The van der Waals surface area contributed by atoms with E-state index in [1.165, 1.54) is 17.0 Å². The number of benzene rings is 1. The van der Waals surface area contributed by atoms with Gasteiger partial charge in [0.25, 0.3) is 0 Å². The number of ether oxygens (including phenoxy) is 1. The molecule has 0 radical (unpaired) electrons. The summed E-state index contributed by atoms with van der Waals surface area (Å²) in [5.41, 5.74) is 0.0433. The van der Waals surface area contributed by atoms with Gasteiger partial charge in [0.1, 0.15) is 18.0 Å². The van der Waals surface area contributed by atoms with Crippen LogP contribution in [0.15, 0.2) is 24.3 Å². The fraction of sp³-hybridized carbons (Fsp3) is 0.529. The summed E-state index contributed by atoms with van der Waals surface area (Å²) in [6, 6.07) is 5.65. The zero-order valence-electron chi connectivity index (χ0n) is 14.1. The minimum atomic E-state index is -0.641. The number of nitrogens with one attached hydrogen (secondary N) is 1. The minimum absolute atomic E-state index is 0.236. The number of hydrogen-bond donors (Lipinski definition) is 2. The van der Waals surface area contributed by atoms with Crippen LogP contribution in [0.5, 0.6) is 0 Å². The van der Waals surface area contributed by atoms with Gasteiger partial charge in [-0.3, -0.25) is 4.79 Å². The second-order valence-electron chi connectivity index (χ2n) is 6.87. The number of aliphatic hydroxyl groups excluding tert-OH is 1. The van der Waals surface area contributed by atoms with Crippen LogP contribution in [-0.4, -0.2) is 53.3 Å². The molecule has 2 amide bonds. The van der Waals surface area contributed by atoms with Gasteiger partial charge >= 0.3 is 6.09 Å². The van der Waals surface area contributed by atoms with Gasteiger partial charge in [-0.25, -0.2) is 9.18 Å². The Kier molecular flexibility index (Phi) is 5.43. The SMILES string of the molecule is CC(C)(C)OC(=O)N[C@@H]1CN(C(=O)CO)C[C@H]1c1cccc(F)c1. The second-order valence-corrected chi connectivity index (χ2v) is 6.87. The van der Waals surface area contributed by atoms with E-state index < -0.39 is 30.3 Å². The van der Waals surface area contributed by atoms with Crippen LogP contribution in [0.1, 0.15) is 32.3 Å². The van der Waals surface area contributed by atoms with Gasteiger partial charge in [0, 0.05) is 19.0 Å². The Morgan fingerprint density at radius 3 is 2.67 bits per heavy atom. The Hall–Kier alpha value is -2.15. The monoisotopic (exact) mass is 338 g/mol. The molecule has 1 saturated heterocycles. The first-order valence-electron chi connectivity index (χ1n) is 7.83. The van der Waals surface area contributed by atoms with Crippen molar-refractivity contribution in [1.29, 1.82) is 0 Å². The minimum Gasteiger partial charge on any atom is -0.444 e. The molecule has 0 aliphatic carbocycles. The first-order valence-corrected chi connectivity index (χ1v) is 7.83. The lowest BCUT2D eigenvalue weighted by molar-refractivity contribution is -0.133. The van der Waals surface area contributed by atoms with E-state index in [-0.39, 0.29) is 18.3 Å². The molecule has 132 valence electrons. The maximum absolute atomic E-state index is 13.5. The van der Waals surface area contributed by atoms with Gasteiger partial charge in [0.05, 0.1) is 6.04 Å². The molecular formula is C17H23FN2O4. The van der Waals surface area contributed by atoms with Crippen molar-refractivity contribution in [3.8, 4) is 0 Å². The maximum atomic E-state index is 13.5. The molecule has 0 aromatic heterocycles. The summed E-state index contributed by atoms with van der Waals surface area (Å²) in [5.74, 6) is -1.08. The van der Waals surface area contributed by atoms with E-state index in [1.807, 2.05) is 0 Å². The highest BCUT2D eigenvalue weighted by molar-refractivity contribution is 5.78. The van der Waals surface area contributed by atoms with E-state index in [4.69, 9.17) is 9.84 Å². The Bertz CT molecular complexity index is 615. The normalized spacial score (nSPS) is 20.8. The van der Waals surface area contributed by atoms with Crippen LogP contribution in [0.4, 0.5) is 9.18 Å². The van der Waals surface area contributed by atoms with Gasteiger partial charge in [-0.05, 0) is 38.5 Å². The number of rotatable bonds is 3. The van der Waals surface area contributed by atoms with Crippen LogP contribution in [0.3, 0.4) is 0 Å². The smallest absolute Gasteiger partial charge is 0.407 e. The van der Waals surface area contributed by atoms with Gasteiger partial charge in [0.2, 0.25) is 5.91 Å². The largest absolute Gasteiger partial charge is 0.444 e. The third kappa shape index (κ3) is 4.67. The van der Waals surface area contributed by atoms with E-state index >= 15 is 0 Å². The van der Waals surface area contributed by atoms with Gasteiger partial charge in [-0.2, -0.15) is 0 Å². The molecule has 2 N–H and O–H groups in total. The van der Waals surface area contributed by atoms with E-state index in [0.29, 0.717) is 12.1 Å². The van der Waals surface area contributed by atoms with Crippen molar-refractivity contribution >= 4 is 12.0 Å². The number of amides is 2. The number of carbonyl (C=O) groups is 2. The Morgan fingerprint density at radius 1 is 1.38 bits per heavy atom. The zero-order valence-corrected chi connectivity index (χ0v) is 14.1. The fourth-order valence-electron chi connectivity index (χ4n) is 2.79. The molecule has 2 atom stereocenters. The van der Waals surface area contributed by atoms with Crippen molar-refractivity contribution in [1.82, 2.24) is 10.2 Å². The summed E-state index contributed by atoms with van der Waals surface area (Å²) in [7, 11) is 0. The van der Waals surface area contributed by atoms with E-state index in [2.05, 4.69) is 5.32 Å². The first kappa shape index (κ1) is 18.2. The molecule has 1 aliphatic heterocycles. The molecular weight excluding hydrogens is 315 g/mol. The number of nitrogens with zero attached hydrogens (tertiary/aromatic N) is 1. The molecule has 0 saturated carbocycles. The third-order valence-corrected chi connectivity index (χ3v) is 3.79. The van der Waals surface area contributed by atoms with Crippen molar-refractivity contribution in [2.45, 2.75) is 38.3 Å². The second kappa shape index (κ2) is 7.17. The lowest BCUT2D eigenvalue weighted by Gasteiger charge is -2.24. The lowest BCUT2D eigenvalue weighted by atomic mass is 9.94. The molecule has 2 rings (SSSR count). The van der Waals surface area contributed by atoms with Crippen molar-refractivity contribution in [2.24, 2.45) is 0 Å². The van der Waals surface area contributed by atoms with Crippen LogP contribution < -0.4 is 5.32 Å². The van der Waals surface area contributed by atoms with Crippen molar-refractivity contribution in [2.75, 3.05) is 19.7 Å². The Balaban J connectivity index is 2.18. The average Bonchev–Trinajstić information content (AvgIpc) is 2.88. The molecule has 24 heavy (non-hydrogen) atoms. The summed E-state index contributed by atoms with van der Waals surface area (Å²) < 4.78 is 18.8. The van der Waals surface area contributed by atoms with Crippen LogP contribution in [0, 0.1) is 5.82 Å². The number of likely N-dealkylation sites (tertiary alicyclic amines) is 1. The topological polar surface area (TPSA) is 78.9 Å². The number of halogens is 1. The quantitative estimate of drug-likeness (QED) is 0.878. The summed E-state index contributed by atoms with van der Waals surface area (Å²) in [6.07, 6.45) is -0.591. The van der Waals surface area contributed by atoms with Crippen molar-refractivity contribution in [3.63, 3.8) is 0 Å². The van der Waals surface area contributed by atoms with E-state index in [0.717, 1.165) is 0 Å². The fourth-order valence-corrected chi connectivity index (χ4v) is 2.79. The highest BCUT2D eigenvalue weighted by Crippen LogP contribution is 2.28.